The highest BCUT2D eigenvalue weighted by Gasteiger charge is 2.46. The van der Waals surface area contributed by atoms with Crippen LogP contribution in [0.15, 0.2) is 66.5 Å². The minimum Gasteiger partial charge on any atom is -0.507 e. The third kappa shape index (κ3) is 4.42. The first-order valence-corrected chi connectivity index (χ1v) is 10.9. The van der Waals surface area contributed by atoms with E-state index in [1.54, 1.807) is 48.8 Å². The Balaban J connectivity index is 1.90. The maximum Gasteiger partial charge on any atom is 0.295 e. The summed E-state index contributed by atoms with van der Waals surface area (Å²) in [6.45, 7) is 0.101. The van der Waals surface area contributed by atoms with Crippen molar-refractivity contribution in [1.82, 2.24) is 9.88 Å². The highest BCUT2D eigenvalue weighted by molar-refractivity contribution is 6.47. The van der Waals surface area contributed by atoms with Crippen molar-refractivity contribution in [3.05, 3.63) is 98.3 Å². The molecular formula is C24H17Cl3N2O4. The fraction of sp³-hybridized carbons (Fsp3) is 0.125. The largest absolute Gasteiger partial charge is 0.507 e. The van der Waals surface area contributed by atoms with E-state index in [9.17, 15) is 14.7 Å². The lowest BCUT2D eigenvalue weighted by Gasteiger charge is -2.25. The van der Waals surface area contributed by atoms with E-state index in [2.05, 4.69) is 4.98 Å². The molecule has 4 rings (SSSR count). The van der Waals surface area contributed by atoms with Gasteiger partial charge in [-0.1, -0.05) is 46.9 Å². The highest BCUT2D eigenvalue weighted by Crippen LogP contribution is 2.42. The first kappa shape index (κ1) is 23.1. The molecule has 2 aromatic carbocycles. The maximum atomic E-state index is 13.1. The monoisotopic (exact) mass is 502 g/mol. The molecule has 1 saturated heterocycles. The second-order valence-corrected chi connectivity index (χ2v) is 8.53. The number of halogens is 3. The fourth-order valence-electron chi connectivity index (χ4n) is 3.72. The van der Waals surface area contributed by atoms with Gasteiger partial charge < -0.3 is 14.7 Å². The summed E-state index contributed by atoms with van der Waals surface area (Å²) in [6, 6.07) is 12.0. The molecule has 1 atom stereocenters. The van der Waals surface area contributed by atoms with Gasteiger partial charge in [0.05, 0.1) is 33.8 Å². The predicted octanol–water partition coefficient (Wildman–Crippen LogP) is 5.67. The minimum absolute atomic E-state index is 0.0772. The van der Waals surface area contributed by atoms with Crippen LogP contribution >= 0.6 is 34.8 Å². The van der Waals surface area contributed by atoms with E-state index in [-0.39, 0.29) is 28.5 Å². The zero-order chi connectivity index (χ0) is 23.7. The third-order valence-electron chi connectivity index (χ3n) is 5.30. The number of aliphatic hydroxyl groups excluding tert-OH is 1. The van der Waals surface area contributed by atoms with Crippen LogP contribution in [0.5, 0.6) is 5.75 Å². The Morgan fingerprint density at radius 2 is 1.82 bits per heavy atom. The molecule has 1 aliphatic heterocycles. The maximum absolute atomic E-state index is 13.1. The summed E-state index contributed by atoms with van der Waals surface area (Å²) in [5.74, 6) is -1.61. The molecule has 33 heavy (non-hydrogen) atoms. The van der Waals surface area contributed by atoms with Crippen molar-refractivity contribution >= 4 is 52.3 Å². The van der Waals surface area contributed by atoms with Gasteiger partial charge in [0.1, 0.15) is 11.5 Å². The van der Waals surface area contributed by atoms with Crippen molar-refractivity contribution in [2.24, 2.45) is 0 Å². The molecule has 9 heteroatoms. The van der Waals surface area contributed by atoms with Gasteiger partial charge in [0, 0.05) is 24.5 Å². The SMILES string of the molecule is COc1cc(/C(O)=C2/C(=O)C(=O)N(Cc3cccnc3)C2c2ccc(Cl)c(Cl)c2)ccc1Cl. The van der Waals surface area contributed by atoms with Gasteiger partial charge in [0.15, 0.2) is 0 Å². The first-order chi connectivity index (χ1) is 15.8. The van der Waals surface area contributed by atoms with Gasteiger partial charge in [0.25, 0.3) is 11.7 Å². The average molecular weight is 504 g/mol. The molecule has 3 aromatic rings. The number of likely N-dealkylation sites (tertiary alicyclic amines) is 1. The van der Waals surface area contributed by atoms with Crippen LogP contribution < -0.4 is 4.74 Å². The van der Waals surface area contributed by atoms with Gasteiger partial charge >= 0.3 is 0 Å². The van der Waals surface area contributed by atoms with E-state index >= 15 is 0 Å². The smallest absolute Gasteiger partial charge is 0.295 e. The van der Waals surface area contributed by atoms with Gasteiger partial charge in [-0.15, -0.1) is 0 Å². The number of benzene rings is 2. The van der Waals surface area contributed by atoms with Gasteiger partial charge in [-0.05, 0) is 47.5 Å². The third-order valence-corrected chi connectivity index (χ3v) is 6.35. The molecule has 1 unspecified atom stereocenters. The number of carbonyl (C=O) groups excluding carboxylic acids is 2. The molecule has 0 bridgehead atoms. The number of hydrogen-bond acceptors (Lipinski definition) is 5. The molecule has 1 fully saturated rings. The van der Waals surface area contributed by atoms with Crippen LogP contribution in [0.25, 0.3) is 5.76 Å². The van der Waals surface area contributed by atoms with Crippen LogP contribution in [0.4, 0.5) is 0 Å². The lowest BCUT2D eigenvalue weighted by molar-refractivity contribution is -0.140. The van der Waals surface area contributed by atoms with E-state index in [1.807, 2.05) is 0 Å². The highest BCUT2D eigenvalue weighted by atomic mass is 35.5. The number of methoxy groups -OCH3 is 1. The van der Waals surface area contributed by atoms with Crippen molar-refractivity contribution in [2.45, 2.75) is 12.6 Å². The summed E-state index contributed by atoms with van der Waals surface area (Å²) in [7, 11) is 1.44. The molecule has 0 radical (unpaired) electrons. The molecule has 2 heterocycles. The summed E-state index contributed by atoms with van der Waals surface area (Å²) in [5, 5.41) is 12.1. The molecule has 1 amide bonds. The molecule has 0 spiro atoms. The lowest BCUT2D eigenvalue weighted by Crippen LogP contribution is -2.29. The first-order valence-electron chi connectivity index (χ1n) is 9.78. The summed E-state index contributed by atoms with van der Waals surface area (Å²) in [6.07, 6.45) is 3.22. The van der Waals surface area contributed by atoms with Crippen molar-refractivity contribution < 1.29 is 19.4 Å². The molecule has 1 aromatic heterocycles. The number of ether oxygens (including phenoxy) is 1. The molecule has 168 valence electrons. The number of ketones is 1. The quantitative estimate of drug-likeness (QED) is 0.276. The zero-order valence-corrected chi connectivity index (χ0v) is 19.5. The molecular weight excluding hydrogens is 487 g/mol. The minimum atomic E-state index is -0.901. The van der Waals surface area contributed by atoms with Crippen molar-refractivity contribution in [1.29, 1.82) is 0 Å². The van der Waals surface area contributed by atoms with Gasteiger partial charge in [0.2, 0.25) is 0 Å². The Labute approximate surface area is 205 Å². The Hall–Kier alpha value is -3.06. The Bertz CT molecular complexity index is 1280. The van der Waals surface area contributed by atoms with Crippen LogP contribution in [0.1, 0.15) is 22.7 Å². The molecule has 0 aliphatic carbocycles. The Morgan fingerprint density at radius 1 is 1.06 bits per heavy atom. The van der Waals surface area contributed by atoms with Crippen LogP contribution in [-0.2, 0) is 16.1 Å². The van der Waals surface area contributed by atoms with E-state index in [0.717, 1.165) is 5.56 Å². The summed E-state index contributed by atoms with van der Waals surface area (Å²) in [4.78, 5) is 31.7. The van der Waals surface area contributed by atoms with Gasteiger partial charge in [-0.2, -0.15) is 0 Å². The molecule has 0 saturated carbocycles. The fourth-order valence-corrected chi connectivity index (χ4v) is 4.22. The van der Waals surface area contributed by atoms with E-state index in [4.69, 9.17) is 39.5 Å². The number of aliphatic hydroxyl groups is 1. The Kier molecular flexibility index (Phi) is 6.61. The number of nitrogens with zero attached hydrogens (tertiary/aromatic N) is 2. The summed E-state index contributed by atoms with van der Waals surface area (Å²) < 4.78 is 5.22. The number of aromatic nitrogens is 1. The zero-order valence-electron chi connectivity index (χ0n) is 17.3. The number of amides is 1. The summed E-state index contributed by atoms with van der Waals surface area (Å²) >= 11 is 18.4. The van der Waals surface area contributed by atoms with Crippen LogP contribution in [0, 0.1) is 0 Å². The van der Waals surface area contributed by atoms with Crippen LogP contribution in [0.2, 0.25) is 15.1 Å². The van der Waals surface area contributed by atoms with Crippen molar-refractivity contribution in [3.63, 3.8) is 0 Å². The standard InChI is InChI=1S/C24H17Cl3N2O4/c1-33-19-10-15(5-7-17(19)26)22(30)20-21(14-4-6-16(25)18(27)9-14)29(24(32)23(20)31)12-13-3-2-8-28-11-13/h2-11,21,30H,12H2,1H3/b22-20-. The normalized spacial score (nSPS) is 17.5. The molecule has 6 nitrogen and oxygen atoms in total. The van der Waals surface area contributed by atoms with Gasteiger partial charge in [-0.3, -0.25) is 14.6 Å². The number of hydrogen-bond donors (Lipinski definition) is 1. The second-order valence-electron chi connectivity index (χ2n) is 7.31. The lowest BCUT2D eigenvalue weighted by atomic mass is 9.95. The number of pyridine rings is 1. The molecule has 1 N–H and O–H groups in total. The van der Waals surface area contributed by atoms with Crippen LogP contribution in [-0.4, -0.2) is 33.8 Å². The number of rotatable bonds is 5. The van der Waals surface area contributed by atoms with Crippen LogP contribution in [0.3, 0.4) is 0 Å². The number of carbonyl (C=O) groups is 2. The topological polar surface area (TPSA) is 79.7 Å². The van der Waals surface area contributed by atoms with E-state index in [1.165, 1.54) is 24.1 Å². The average Bonchev–Trinajstić information content (AvgIpc) is 3.06. The van der Waals surface area contributed by atoms with Crippen molar-refractivity contribution in [2.75, 3.05) is 7.11 Å². The summed E-state index contributed by atoms with van der Waals surface area (Å²) in [5.41, 5.74) is 1.44. The van der Waals surface area contributed by atoms with E-state index in [0.29, 0.717) is 21.4 Å². The Morgan fingerprint density at radius 3 is 2.48 bits per heavy atom. The molecule has 1 aliphatic rings. The second kappa shape index (κ2) is 9.43. The van der Waals surface area contributed by atoms with Gasteiger partial charge in [-0.25, -0.2) is 0 Å². The van der Waals surface area contributed by atoms with Crippen molar-refractivity contribution in [3.8, 4) is 5.75 Å². The number of Topliss-reactive ketones (excluding diaryl/α,β-unsaturated/α-hetero) is 1. The van der Waals surface area contributed by atoms with E-state index < -0.39 is 17.7 Å². The predicted molar refractivity (Wildman–Crippen MR) is 127 cm³/mol.